The van der Waals surface area contributed by atoms with Crippen molar-refractivity contribution in [1.82, 2.24) is 0 Å². The predicted octanol–water partition coefficient (Wildman–Crippen LogP) is 2.49. The molecule has 0 spiro atoms. The highest BCUT2D eigenvalue weighted by Crippen LogP contribution is 2.12. The summed E-state index contributed by atoms with van der Waals surface area (Å²) in [7, 11) is 0. The molecule has 0 aliphatic carbocycles. The first-order chi connectivity index (χ1) is 7.74. The number of rotatable bonds is 7. The SMILES string of the molecule is CCCSCCOc1ccc(C(=N)N)cc1. The van der Waals surface area contributed by atoms with Crippen LogP contribution in [0.5, 0.6) is 5.75 Å². The van der Waals surface area contributed by atoms with E-state index in [9.17, 15) is 0 Å². The molecule has 88 valence electrons. The average Bonchev–Trinajstić information content (AvgIpc) is 2.29. The van der Waals surface area contributed by atoms with Gasteiger partial charge in [-0.1, -0.05) is 6.92 Å². The van der Waals surface area contributed by atoms with Crippen LogP contribution in [0.2, 0.25) is 0 Å². The van der Waals surface area contributed by atoms with Crippen LogP contribution in [0.3, 0.4) is 0 Å². The first-order valence-corrected chi connectivity index (χ1v) is 6.54. The highest BCUT2D eigenvalue weighted by Gasteiger charge is 1.97. The van der Waals surface area contributed by atoms with Crippen LogP contribution < -0.4 is 10.5 Å². The van der Waals surface area contributed by atoms with Crippen LogP contribution in [0.1, 0.15) is 18.9 Å². The number of benzene rings is 1. The van der Waals surface area contributed by atoms with Gasteiger partial charge in [-0.15, -0.1) is 0 Å². The topological polar surface area (TPSA) is 59.1 Å². The standard InChI is InChI=1S/C12H18N2OS/c1-2-8-16-9-7-15-11-5-3-10(4-6-11)12(13)14/h3-6H,2,7-9H2,1H3,(H3,13,14). The van der Waals surface area contributed by atoms with Gasteiger partial charge in [-0.2, -0.15) is 11.8 Å². The van der Waals surface area contributed by atoms with E-state index in [1.165, 1.54) is 12.2 Å². The summed E-state index contributed by atoms with van der Waals surface area (Å²) in [5, 5.41) is 7.25. The second kappa shape index (κ2) is 7.17. The van der Waals surface area contributed by atoms with Crippen molar-refractivity contribution in [3.05, 3.63) is 29.8 Å². The third-order valence-electron chi connectivity index (χ3n) is 2.01. The van der Waals surface area contributed by atoms with Gasteiger partial charge in [0, 0.05) is 11.3 Å². The lowest BCUT2D eigenvalue weighted by Gasteiger charge is -2.06. The molecule has 0 aromatic heterocycles. The third kappa shape index (κ3) is 4.57. The molecule has 0 saturated heterocycles. The Morgan fingerprint density at radius 1 is 1.31 bits per heavy atom. The average molecular weight is 238 g/mol. The van der Waals surface area contributed by atoms with E-state index in [2.05, 4.69) is 6.92 Å². The lowest BCUT2D eigenvalue weighted by atomic mass is 10.2. The Hall–Kier alpha value is -1.16. The minimum absolute atomic E-state index is 0.0880. The van der Waals surface area contributed by atoms with E-state index in [1.54, 1.807) is 12.1 Å². The summed E-state index contributed by atoms with van der Waals surface area (Å²) >= 11 is 1.90. The van der Waals surface area contributed by atoms with Crippen molar-refractivity contribution >= 4 is 17.6 Å². The molecule has 1 rings (SSSR count). The van der Waals surface area contributed by atoms with Gasteiger partial charge in [-0.3, -0.25) is 5.41 Å². The Morgan fingerprint density at radius 3 is 2.56 bits per heavy atom. The Morgan fingerprint density at radius 2 is 2.00 bits per heavy atom. The summed E-state index contributed by atoms with van der Waals surface area (Å²) in [5.74, 6) is 3.13. The zero-order valence-corrected chi connectivity index (χ0v) is 10.3. The summed E-state index contributed by atoms with van der Waals surface area (Å²) in [6.45, 7) is 2.90. The van der Waals surface area contributed by atoms with E-state index in [0.29, 0.717) is 0 Å². The number of amidine groups is 1. The fourth-order valence-electron chi connectivity index (χ4n) is 1.20. The Balaban J connectivity index is 2.29. The smallest absolute Gasteiger partial charge is 0.122 e. The number of nitrogens with one attached hydrogen (secondary N) is 1. The normalized spacial score (nSPS) is 10.1. The molecule has 0 radical (unpaired) electrons. The maximum atomic E-state index is 7.25. The minimum Gasteiger partial charge on any atom is -0.493 e. The third-order valence-corrected chi connectivity index (χ3v) is 3.16. The molecule has 0 heterocycles. The second-order valence-electron chi connectivity index (χ2n) is 3.40. The Bertz CT molecular complexity index is 324. The molecule has 3 nitrogen and oxygen atoms in total. The number of hydrogen-bond donors (Lipinski definition) is 2. The summed E-state index contributed by atoms with van der Waals surface area (Å²) in [6.07, 6.45) is 1.21. The summed E-state index contributed by atoms with van der Waals surface area (Å²) in [5.41, 5.74) is 6.09. The van der Waals surface area contributed by atoms with Crippen molar-refractivity contribution in [2.75, 3.05) is 18.1 Å². The van der Waals surface area contributed by atoms with Gasteiger partial charge in [0.25, 0.3) is 0 Å². The number of nitrogen functional groups attached to an aromatic ring is 1. The van der Waals surface area contributed by atoms with Crippen LogP contribution in [-0.2, 0) is 0 Å². The lowest BCUT2D eigenvalue weighted by Crippen LogP contribution is -2.10. The summed E-state index contributed by atoms with van der Waals surface area (Å²) < 4.78 is 5.56. The number of ether oxygens (including phenoxy) is 1. The van der Waals surface area contributed by atoms with Crippen molar-refractivity contribution in [3.8, 4) is 5.75 Å². The molecule has 0 bridgehead atoms. The zero-order chi connectivity index (χ0) is 11.8. The zero-order valence-electron chi connectivity index (χ0n) is 9.53. The molecule has 0 fully saturated rings. The highest BCUT2D eigenvalue weighted by atomic mass is 32.2. The Kier molecular flexibility index (Phi) is 5.78. The molecule has 0 unspecified atom stereocenters. The lowest BCUT2D eigenvalue weighted by molar-refractivity contribution is 0.344. The highest BCUT2D eigenvalue weighted by molar-refractivity contribution is 7.99. The fourth-order valence-corrected chi connectivity index (χ4v) is 1.89. The first kappa shape index (κ1) is 12.9. The maximum absolute atomic E-state index is 7.25. The van der Waals surface area contributed by atoms with Crippen molar-refractivity contribution in [3.63, 3.8) is 0 Å². The molecule has 1 aromatic carbocycles. The maximum Gasteiger partial charge on any atom is 0.122 e. The summed E-state index contributed by atoms with van der Waals surface area (Å²) in [4.78, 5) is 0. The van der Waals surface area contributed by atoms with Crippen LogP contribution in [0.25, 0.3) is 0 Å². The predicted molar refractivity (Wildman–Crippen MR) is 70.6 cm³/mol. The van der Waals surface area contributed by atoms with Crippen LogP contribution in [0.4, 0.5) is 0 Å². The van der Waals surface area contributed by atoms with Crippen LogP contribution in [-0.4, -0.2) is 23.9 Å². The quantitative estimate of drug-likeness (QED) is 0.436. The molecule has 0 aliphatic heterocycles. The largest absolute Gasteiger partial charge is 0.493 e. The van der Waals surface area contributed by atoms with E-state index in [0.717, 1.165) is 23.7 Å². The van der Waals surface area contributed by atoms with Gasteiger partial charge >= 0.3 is 0 Å². The second-order valence-corrected chi connectivity index (χ2v) is 4.62. The van der Waals surface area contributed by atoms with E-state index in [1.807, 2.05) is 23.9 Å². The molecular formula is C12H18N2OS. The molecule has 1 aromatic rings. The van der Waals surface area contributed by atoms with Gasteiger partial charge in [0.05, 0.1) is 6.61 Å². The van der Waals surface area contributed by atoms with Gasteiger partial charge in [0.2, 0.25) is 0 Å². The van der Waals surface area contributed by atoms with Gasteiger partial charge in [0.15, 0.2) is 0 Å². The van der Waals surface area contributed by atoms with Gasteiger partial charge in [0.1, 0.15) is 11.6 Å². The van der Waals surface area contributed by atoms with Crippen LogP contribution in [0.15, 0.2) is 24.3 Å². The van der Waals surface area contributed by atoms with E-state index < -0.39 is 0 Å². The number of nitrogens with two attached hydrogens (primary N) is 1. The number of hydrogen-bond acceptors (Lipinski definition) is 3. The van der Waals surface area contributed by atoms with Crippen molar-refractivity contribution < 1.29 is 4.74 Å². The fraction of sp³-hybridized carbons (Fsp3) is 0.417. The molecule has 0 atom stereocenters. The summed E-state index contributed by atoms with van der Waals surface area (Å²) in [6, 6.07) is 7.30. The van der Waals surface area contributed by atoms with Crippen molar-refractivity contribution in [1.29, 1.82) is 5.41 Å². The van der Waals surface area contributed by atoms with Crippen molar-refractivity contribution in [2.45, 2.75) is 13.3 Å². The van der Waals surface area contributed by atoms with Crippen LogP contribution in [0, 0.1) is 5.41 Å². The van der Waals surface area contributed by atoms with Gasteiger partial charge in [-0.05, 0) is 36.4 Å². The van der Waals surface area contributed by atoms with E-state index >= 15 is 0 Å². The molecule has 4 heteroatoms. The van der Waals surface area contributed by atoms with E-state index in [4.69, 9.17) is 15.9 Å². The molecule has 0 saturated carbocycles. The molecular weight excluding hydrogens is 220 g/mol. The molecule has 3 N–H and O–H groups in total. The van der Waals surface area contributed by atoms with E-state index in [-0.39, 0.29) is 5.84 Å². The molecule has 0 aliphatic rings. The minimum atomic E-state index is 0.0880. The van der Waals surface area contributed by atoms with Gasteiger partial charge in [-0.25, -0.2) is 0 Å². The number of thioether (sulfide) groups is 1. The first-order valence-electron chi connectivity index (χ1n) is 5.39. The monoisotopic (exact) mass is 238 g/mol. The van der Waals surface area contributed by atoms with Crippen LogP contribution >= 0.6 is 11.8 Å². The Labute approximate surface area is 101 Å². The molecule has 16 heavy (non-hydrogen) atoms. The van der Waals surface area contributed by atoms with Crippen molar-refractivity contribution in [2.24, 2.45) is 5.73 Å². The van der Waals surface area contributed by atoms with Gasteiger partial charge < -0.3 is 10.5 Å². The molecule has 0 amide bonds.